The molecule has 3 heterocycles. The molecule has 156 valence electrons. The molecule has 1 aliphatic carbocycles. The Bertz CT molecular complexity index is 871. The summed E-state index contributed by atoms with van der Waals surface area (Å²) in [6.07, 6.45) is 9.71. The largest absolute Gasteiger partial charge is 0.354 e. The summed E-state index contributed by atoms with van der Waals surface area (Å²) in [6.45, 7) is 4.19. The van der Waals surface area contributed by atoms with Crippen LogP contribution in [0.3, 0.4) is 0 Å². The van der Waals surface area contributed by atoms with Gasteiger partial charge in [-0.15, -0.1) is 0 Å². The first-order valence-corrected chi connectivity index (χ1v) is 11.0. The van der Waals surface area contributed by atoms with Crippen LogP contribution in [-0.2, 0) is 16.1 Å². The number of hydrogen-bond donors (Lipinski definition) is 1. The van der Waals surface area contributed by atoms with Gasteiger partial charge in [0.1, 0.15) is 0 Å². The minimum Gasteiger partial charge on any atom is -0.354 e. The van der Waals surface area contributed by atoms with Gasteiger partial charge >= 0.3 is 0 Å². The Morgan fingerprint density at radius 3 is 2.83 bits per heavy atom. The van der Waals surface area contributed by atoms with Gasteiger partial charge in [-0.3, -0.25) is 9.59 Å². The van der Waals surface area contributed by atoms with E-state index >= 15 is 0 Å². The maximum atomic E-state index is 12.8. The fourth-order valence-corrected chi connectivity index (χ4v) is 4.81. The predicted molar refractivity (Wildman–Crippen MR) is 111 cm³/mol. The molecular weight excluding hydrogens is 366 g/mol. The number of hydrogen-bond acceptors (Lipinski definition) is 4. The standard InChI is InChI=1S/C22H31N5O2/c1-16(28)23-11-13-27-22-19(8-5-10-24-22)21(25-27)18-9-12-26(15-18)20(29)14-17-6-3-2-4-7-17/h5,8,10,17-18H,2-4,6-7,9,11-15H2,1H3,(H,23,28). The first-order valence-electron chi connectivity index (χ1n) is 11.0. The van der Waals surface area contributed by atoms with E-state index in [2.05, 4.69) is 16.4 Å². The van der Waals surface area contributed by atoms with E-state index in [0.29, 0.717) is 31.3 Å². The summed E-state index contributed by atoms with van der Waals surface area (Å²) in [5.74, 6) is 1.09. The maximum absolute atomic E-state index is 12.8. The molecule has 2 aromatic heterocycles. The summed E-state index contributed by atoms with van der Waals surface area (Å²) in [5.41, 5.74) is 1.88. The van der Waals surface area contributed by atoms with Crippen molar-refractivity contribution in [3.8, 4) is 0 Å². The zero-order valence-electron chi connectivity index (χ0n) is 17.3. The zero-order valence-corrected chi connectivity index (χ0v) is 17.3. The van der Waals surface area contributed by atoms with Gasteiger partial charge in [-0.05, 0) is 37.3 Å². The molecule has 2 fully saturated rings. The lowest BCUT2D eigenvalue weighted by molar-refractivity contribution is -0.131. The predicted octanol–water partition coefficient (Wildman–Crippen LogP) is 2.85. The molecule has 0 spiro atoms. The first-order chi connectivity index (χ1) is 14.1. The van der Waals surface area contributed by atoms with Gasteiger partial charge in [-0.1, -0.05) is 19.3 Å². The maximum Gasteiger partial charge on any atom is 0.222 e. The number of nitrogens with zero attached hydrogens (tertiary/aromatic N) is 4. The fourth-order valence-electron chi connectivity index (χ4n) is 4.81. The minimum atomic E-state index is -0.0439. The van der Waals surface area contributed by atoms with Crippen molar-refractivity contribution in [1.29, 1.82) is 0 Å². The van der Waals surface area contributed by atoms with Crippen LogP contribution in [0.15, 0.2) is 18.3 Å². The van der Waals surface area contributed by atoms with Crippen LogP contribution >= 0.6 is 0 Å². The number of aromatic nitrogens is 3. The summed E-state index contributed by atoms with van der Waals surface area (Å²) in [4.78, 5) is 30.5. The highest BCUT2D eigenvalue weighted by Gasteiger charge is 2.31. The van der Waals surface area contributed by atoms with Gasteiger partial charge in [0.25, 0.3) is 0 Å². The van der Waals surface area contributed by atoms with Gasteiger partial charge in [0, 0.05) is 50.5 Å². The van der Waals surface area contributed by atoms with E-state index < -0.39 is 0 Å². The molecule has 1 aliphatic heterocycles. The number of amides is 2. The van der Waals surface area contributed by atoms with Crippen LogP contribution in [0, 0.1) is 5.92 Å². The van der Waals surface area contributed by atoms with Gasteiger partial charge < -0.3 is 10.2 Å². The summed E-state index contributed by atoms with van der Waals surface area (Å²) in [5, 5.41) is 8.72. The van der Waals surface area contributed by atoms with Crippen LogP contribution in [0.2, 0.25) is 0 Å². The highest BCUT2D eigenvalue weighted by atomic mass is 16.2. The molecule has 4 rings (SSSR count). The number of nitrogens with one attached hydrogen (secondary N) is 1. The summed E-state index contributed by atoms with van der Waals surface area (Å²) in [6, 6.07) is 4.00. The Labute approximate surface area is 171 Å². The van der Waals surface area contributed by atoms with Crippen molar-refractivity contribution in [2.75, 3.05) is 19.6 Å². The number of fused-ring (bicyclic) bond motifs is 1. The fraction of sp³-hybridized carbons (Fsp3) is 0.636. The van der Waals surface area contributed by atoms with Crippen LogP contribution in [0.25, 0.3) is 11.0 Å². The topological polar surface area (TPSA) is 80.1 Å². The molecule has 2 amide bonds. The molecule has 2 aliphatic rings. The third-order valence-electron chi connectivity index (χ3n) is 6.35. The Morgan fingerprint density at radius 1 is 1.21 bits per heavy atom. The molecule has 1 saturated carbocycles. The lowest BCUT2D eigenvalue weighted by atomic mass is 9.87. The van der Waals surface area contributed by atoms with Gasteiger partial charge in [0.2, 0.25) is 11.8 Å². The Hall–Kier alpha value is -2.44. The molecule has 1 N–H and O–H groups in total. The molecule has 29 heavy (non-hydrogen) atoms. The van der Waals surface area contributed by atoms with E-state index in [9.17, 15) is 9.59 Å². The van der Waals surface area contributed by atoms with E-state index in [-0.39, 0.29) is 11.8 Å². The van der Waals surface area contributed by atoms with Crippen molar-refractivity contribution in [3.05, 3.63) is 24.0 Å². The van der Waals surface area contributed by atoms with E-state index in [1.54, 1.807) is 6.20 Å². The van der Waals surface area contributed by atoms with E-state index in [1.807, 2.05) is 15.6 Å². The minimum absolute atomic E-state index is 0.0439. The van der Waals surface area contributed by atoms with Crippen molar-refractivity contribution < 1.29 is 9.59 Å². The van der Waals surface area contributed by atoms with Crippen molar-refractivity contribution in [2.45, 2.75) is 64.3 Å². The first kappa shape index (κ1) is 19.9. The molecule has 1 unspecified atom stereocenters. The Balaban J connectivity index is 1.44. The SMILES string of the molecule is CC(=O)NCCn1nc(C2CCN(C(=O)CC3CCCCC3)C2)c2cccnc21. The van der Waals surface area contributed by atoms with E-state index in [1.165, 1.54) is 39.0 Å². The quantitative estimate of drug-likeness (QED) is 0.813. The molecule has 0 aromatic carbocycles. The number of carbonyl (C=O) groups excluding carboxylic acids is 2. The van der Waals surface area contributed by atoms with Crippen LogP contribution < -0.4 is 5.32 Å². The molecular formula is C22H31N5O2. The van der Waals surface area contributed by atoms with Crippen LogP contribution in [-0.4, -0.2) is 51.1 Å². The van der Waals surface area contributed by atoms with Crippen molar-refractivity contribution in [3.63, 3.8) is 0 Å². The monoisotopic (exact) mass is 397 g/mol. The smallest absolute Gasteiger partial charge is 0.222 e. The van der Waals surface area contributed by atoms with Gasteiger partial charge in [-0.2, -0.15) is 5.10 Å². The highest BCUT2D eigenvalue weighted by molar-refractivity contribution is 5.80. The average Bonchev–Trinajstić information content (AvgIpc) is 3.34. The Kier molecular flexibility index (Phi) is 6.11. The number of pyridine rings is 1. The lowest BCUT2D eigenvalue weighted by Crippen LogP contribution is -2.30. The molecule has 7 nitrogen and oxygen atoms in total. The Morgan fingerprint density at radius 2 is 2.03 bits per heavy atom. The molecule has 0 radical (unpaired) electrons. The zero-order chi connectivity index (χ0) is 20.2. The highest BCUT2D eigenvalue weighted by Crippen LogP contribution is 2.33. The van der Waals surface area contributed by atoms with Gasteiger partial charge in [-0.25, -0.2) is 9.67 Å². The van der Waals surface area contributed by atoms with E-state index in [4.69, 9.17) is 5.10 Å². The van der Waals surface area contributed by atoms with Crippen LogP contribution in [0.5, 0.6) is 0 Å². The molecule has 1 atom stereocenters. The third-order valence-corrected chi connectivity index (χ3v) is 6.35. The second kappa shape index (κ2) is 8.93. The van der Waals surface area contributed by atoms with Crippen molar-refractivity contribution >= 4 is 22.8 Å². The van der Waals surface area contributed by atoms with Gasteiger partial charge in [0.15, 0.2) is 5.65 Å². The number of carbonyl (C=O) groups is 2. The molecule has 2 aromatic rings. The second-order valence-corrected chi connectivity index (χ2v) is 8.50. The summed E-state index contributed by atoms with van der Waals surface area (Å²) < 4.78 is 1.88. The molecule has 7 heteroatoms. The second-order valence-electron chi connectivity index (χ2n) is 8.50. The normalized spacial score (nSPS) is 20.3. The number of rotatable bonds is 6. The van der Waals surface area contributed by atoms with Crippen LogP contribution in [0.4, 0.5) is 0 Å². The lowest BCUT2D eigenvalue weighted by Gasteiger charge is -2.24. The van der Waals surface area contributed by atoms with Crippen molar-refractivity contribution in [1.82, 2.24) is 25.0 Å². The van der Waals surface area contributed by atoms with Crippen molar-refractivity contribution in [2.24, 2.45) is 5.92 Å². The summed E-state index contributed by atoms with van der Waals surface area (Å²) in [7, 11) is 0. The molecule has 1 saturated heterocycles. The average molecular weight is 398 g/mol. The summed E-state index contributed by atoms with van der Waals surface area (Å²) >= 11 is 0. The third kappa shape index (κ3) is 4.60. The van der Waals surface area contributed by atoms with Crippen LogP contribution in [0.1, 0.15) is 63.5 Å². The van der Waals surface area contributed by atoms with Gasteiger partial charge in [0.05, 0.1) is 12.2 Å². The van der Waals surface area contributed by atoms with E-state index in [0.717, 1.165) is 36.2 Å². The molecule has 0 bridgehead atoms. The number of likely N-dealkylation sites (tertiary alicyclic amines) is 1.